The predicted molar refractivity (Wildman–Crippen MR) is 142 cm³/mol. The van der Waals surface area contributed by atoms with Gasteiger partial charge in [-0.2, -0.15) is 0 Å². The van der Waals surface area contributed by atoms with Gasteiger partial charge in [-0.25, -0.2) is 14.6 Å². The number of fused-ring (bicyclic) bond motifs is 3. The van der Waals surface area contributed by atoms with Crippen LogP contribution in [0.3, 0.4) is 0 Å². The third kappa shape index (κ3) is 5.95. The Hall–Kier alpha value is -3.01. The summed E-state index contributed by atoms with van der Waals surface area (Å²) in [6, 6.07) is 6.03. The monoisotopic (exact) mass is 529 g/mol. The molecule has 10 heteroatoms. The molecule has 4 rings (SSSR count). The second-order valence-electron chi connectivity index (χ2n) is 10.7. The average Bonchev–Trinajstić information content (AvgIpc) is 3.22. The number of carboxylic acids is 1. The molecule has 2 aliphatic rings. The van der Waals surface area contributed by atoms with E-state index in [1.54, 1.807) is 6.20 Å². The minimum Gasteiger partial charge on any atom is -0.480 e. The SMILES string of the molecule is CSC1[C@H]2C[C@@H](C(=O)O)N1C(=O)[C@H](C(C)(C)C)NC(=O)OCCCCCc1ccc3ccnc(c3c1)O2. The minimum atomic E-state index is -1.12. The number of rotatable bonds is 2. The summed E-state index contributed by atoms with van der Waals surface area (Å²) in [5.41, 5.74) is 0.460. The van der Waals surface area contributed by atoms with E-state index in [0.29, 0.717) is 12.3 Å². The van der Waals surface area contributed by atoms with Gasteiger partial charge in [0.15, 0.2) is 0 Å². The predicted octanol–water partition coefficient (Wildman–Crippen LogP) is 4.22. The Labute approximate surface area is 221 Å². The summed E-state index contributed by atoms with van der Waals surface area (Å²) in [4.78, 5) is 44.7. The molecule has 4 bridgehead atoms. The van der Waals surface area contributed by atoms with Crippen LogP contribution in [-0.4, -0.2) is 69.4 Å². The van der Waals surface area contributed by atoms with Crippen molar-refractivity contribution in [3.05, 3.63) is 36.0 Å². The van der Waals surface area contributed by atoms with Crippen molar-refractivity contribution in [1.29, 1.82) is 0 Å². The molecule has 4 atom stereocenters. The second kappa shape index (κ2) is 11.2. The standard InChI is InChI=1S/C27H35N3O6S/c1-27(2,3)21-23(31)30-19(25(32)33)15-20(24(30)37-4)36-22-18-14-16(9-10-17(18)11-12-28-22)8-6-5-7-13-35-26(34)29-21/h9-12,14,19-21,24H,5-8,13,15H2,1-4H3,(H,29,34)(H,32,33)/t19-,20+,21+,24?/m0/s1. The van der Waals surface area contributed by atoms with Crippen LogP contribution in [0.25, 0.3) is 10.8 Å². The Balaban J connectivity index is 1.76. The molecular weight excluding hydrogens is 494 g/mol. The Morgan fingerprint density at radius 1 is 1.19 bits per heavy atom. The Bertz CT molecular complexity index is 1170. The smallest absolute Gasteiger partial charge is 0.407 e. The van der Waals surface area contributed by atoms with Crippen LogP contribution >= 0.6 is 11.8 Å². The van der Waals surface area contributed by atoms with Crippen molar-refractivity contribution in [1.82, 2.24) is 15.2 Å². The maximum atomic E-state index is 13.9. The maximum absolute atomic E-state index is 13.9. The molecule has 2 aromatic rings. The molecule has 9 nitrogen and oxygen atoms in total. The Morgan fingerprint density at radius 2 is 1.97 bits per heavy atom. The summed E-state index contributed by atoms with van der Waals surface area (Å²) >= 11 is 1.35. The van der Waals surface area contributed by atoms with Gasteiger partial charge in [0.1, 0.15) is 23.6 Å². The number of hydrogen-bond acceptors (Lipinski definition) is 7. The van der Waals surface area contributed by atoms with Crippen LogP contribution in [0, 0.1) is 5.41 Å². The number of carbonyl (C=O) groups excluding carboxylic acids is 2. The summed E-state index contributed by atoms with van der Waals surface area (Å²) in [5.74, 6) is -1.17. The lowest BCUT2D eigenvalue weighted by atomic mass is 9.85. The zero-order valence-electron chi connectivity index (χ0n) is 21.7. The van der Waals surface area contributed by atoms with Crippen molar-refractivity contribution in [3.8, 4) is 5.88 Å². The molecule has 0 aliphatic carbocycles. The average molecular weight is 530 g/mol. The van der Waals surface area contributed by atoms with Gasteiger partial charge in [-0.1, -0.05) is 32.9 Å². The number of cyclic esters (lactones) is 1. The molecule has 37 heavy (non-hydrogen) atoms. The van der Waals surface area contributed by atoms with Crippen LogP contribution < -0.4 is 10.1 Å². The number of nitrogens with zero attached hydrogens (tertiary/aromatic N) is 2. The second-order valence-corrected chi connectivity index (χ2v) is 11.6. The number of benzene rings is 1. The normalized spacial score (nSPS) is 25.7. The maximum Gasteiger partial charge on any atom is 0.407 e. The molecule has 1 aromatic carbocycles. The van der Waals surface area contributed by atoms with Crippen molar-refractivity contribution in [2.24, 2.45) is 5.41 Å². The fraction of sp³-hybridized carbons (Fsp3) is 0.556. The zero-order valence-corrected chi connectivity index (χ0v) is 22.5. The molecule has 1 unspecified atom stereocenters. The number of amides is 2. The van der Waals surface area contributed by atoms with E-state index >= 15 is 0 Å². The van der Waals surface area contributed by atoms with E-state index in [4.69, 9.17) is 9.47 Å². The summed E-state index contributed by atoms with van der Waals surface area (Å²) in [6.45, 7) is 5.72. The van der Waals surface area contributed by atoms with E-state index in [9.17, 15) is 19.5 Å². The van der Waals surface area contributed by atoms with Gasteiger partial charge in [0.05, 0.1) is 6.61 Å². The first-order chi connectivity index (χ1) is 17.6. The highest BCUT2D eigenvalue weighted by Crippen LogP contribution is 2.37. The summed E-state index contributed by atoms with van der Waals surface area (Å²) in [5, 5.41) is 14.0. The number of alkyl carbamates (subject to hydrolysis) is 1. The molecule has 1 fully saturated rings. The van der Waals surface area contributed by atoms with Crippen molar-refractivity contribution in [2.45, 2.75) is 76.4 Å². The van der Waals surface area contributed by atoms with Crippen LogP contribution in [0.2, 0.25) is 0 Å². The van der Waals surface area contributed by atoms with E-state index in [1.807, 2.05) is 39.2 Å². The largest absolute Gasteiger partial charge is 0.480 e. The number of thioether (sulfide) groups is 1. The van der Waals surface area contributed by atoms with Crippen molar-refractivity contribution < 1.29 is 29.0 Å². The molecule has 0 radical (unpaired) electrons. The molecule has 0 saturated carbocycles. The van der Waals surface area contributed by atoms with E-state index in [-0.39, 0.29) is 13.0 Å². The van der Waals surface area contributed by atoms with Gasteiger partial charge in [-0.05, 0) is 60.4 Å². The Morgan fingerprint density at radius 3 is 2.68 bits per heavy atom. The number of pyridine rings is 1. The number of aliphatic carboxylic acids is 1. The summed E-state index contributed by atoms with van der Waals surface area (Å²) in [7, 11) is 0. The number of nitrogens with one attached hydrogen (secondary N) is 1. The fourth-order valence-electron chi connectivity index (χ4n) is 4.99. The molecular formula is C27H35N3O6S. The van der Waals surface area contributed by atoms with E-state index < -0.39 is 46.9 Å². The van der Waals surface area contributed by atoms with Gasteiger partial charge in [0.25, 0.3) is 0 Å². The molecule has 3 heterocycles. The molecule has 0 spiro atoms. The lowest BCUT2D eigenvalue weighted by Crippen LogP contribution is -2.58. The van der Waals surface area contributed by atoms with E-state index in [0.717, 1.165) is 35.6 Å². The van der Waals surface area contributed by atoms with Crippen LogP contribution in [-0.2, 0) is 20.7 Å². The quantitative estimate of drug-likeness (QED) is 0.594. The number of ether oxygens (including phenoxy) is 2. The highest BCUT2D eigenvalue weighted by Gasteiger charge is 2.51. The first-order valence-corrected chi connectivity index (χ1v) is 13.9. The third-order valence-electron chi connectivity index (χ3n) is 6.94. The highest BCUT2D eigenvalue weighted by molar-refractivity contribution is 7.99. The van der Waals surface area contributed by atoms with Gasteiger partial charge in [-0.3, -0.25) is 4.79 Å². The van der Waals surface area contributed by atoms with E-state index in [2.05, 4.69) is 22.4 Å². The lowest BCUT2D eigenvalue weighted by Gasteiger charge is -2.37. The number of aryl methyl sites for hydroxylation is 1. The van der Waals surface area contributed by atoms with Crippen LogP contribution in [0.1, 0.15) is 52.0 Å². The number of aromatic nitrogens is 1. The molecule has 1 saturated heterocycles. The number of hydrogen-bond donors (Lipinski definition) is 2. The third-order valence-corrected chi connectivity index (χ3v) is 7.95. The van der Waals surface area contributed by atoms with Gasteiger partial charge in [0.2, 0.25) is 11.8 Å². The van der Waals surface area contributed by atoms with Gasteiger partial charge in [-0.15, -0.1) is 11.8 Å². The highest BCUT2D eigenvalue weighted by atomic mass is 32.2. The topological polar surface area (TPSA) is 118 Å². The van der Waals surface area contributed by atoms with Gasteiger partial charge >= 0.3 is 12.1 Å². The van der Waals surface area contributed by atoms with Crippen LogP contribution in [0.15, 0.2) is 30.5 Å². The molecule has 1 aromatic heterocycles. The molecule has 2 N–H and O–H groups in total. The van der Waals surface area contributed by atoms with Crippen LogP contribution in [0.5, 0.6) is 5.88 Å². The van der Waals surface area contributed by atoms with Crippen molar-refractivity contribution >= 4 is 40.5 Å². The van der Waals surface area contributed by atoms with E-state index in [1.165, 1.54) is 16.7 Å². The lowest BCUT2D eigenvalue weighted by molar-refractivity contribution is -0.150. The van der Waals surface area contributed by atoms with Crippen LogP contribution in [0.4, 0.5) is 4.79 Å². The first kappa shape index (κ1) is 27.0. The zero-order chi connectivity index (χ0) is 26.7. The van der Waals surface area contributed by atoms with Gasteiger partial charge in [0, 0.05) is 18.0 Å². The van der Waals surface area contributed by atoms with Crippen molar-refractivity contribution in [2.75, 3.05) is 12.9 Å². The molecule has 2 amide bonds. The molecule has 2 aliphatic heterocycles. The number of carbonyl (C=O) groups is 3. The van der Waals surface area contributed by atoms with Gasteiger partial charge < -0.3 is 24.8 Å². The van der Waals surface area contributed by atoms with Crippen molar-refractivity contribution in [3.63, 3.8) is 0 Å². The Kier molecular flexibility index (Phi) is 8.16. The minimum absolute atomic E-state index is 0.103. The first-order valence-electron chi connectivity index (χ1n) is 12.7. The molecule has 200 valence electrons. The summed E-state index contributed by atoms with van der Waals surface area (Å²) < 4.78 is 11.8. The summed E-state index contributed by atoms with van der Waals surface area (Å²) in [6.07, 6.45) is 5.70. The fourth-order valence-corrected chi connectivity index (χ4v) is 5.94. The number of carboxylic acid groups (broad SMARTS) is 1.